The highest BCUT2D eigenvalue weighted by atomic mass is 19.4. The van der Waals surface area contributed by atoms with Crippen LogP contribution in [0.25, 0.3) is 0 Å². The Bertz CT molecular complexity index is 682. The zero-order chi connectivity index (χ0) is 18.3. The molecule has 4 nitrogen and oxygen atoms in total. The first-order chi connectivity index (χ1) is 11.8. The molecule has 2 rings (SSSR count). The van der Waals surface area contributed by atoms with E-state index in [1.807, 2.05) is 31.2 Å². The Balaban J connectivity index is 1.64. The number of nitrogens with one attached hydrogen (secondary N) is 2. The van der Waals surface area contributed by atoms with Crippen molar-refractivity contribution in [2.45, 2.75) is 25.9 Å². The van der Waals surface area contributed by atoms with Crippen molar-refractivity contribution in [3.8, 4) is 0 Å². The maximum atomic E-state index is 12.4. The first-order valence-corrected chi connectivity index (χ1v) is 7.94. The highest BCUT2D eigenvalue weighted by Gasteiger charge is 2.30. The quantitative estimate of drug-likeness (QED) is 0.750. The predicted octanol–water partition coefficient (Wildman–Crippen LogP) is 3.57. The highest BCUT2D eigenvalue weighted by Crippen LogP contribution is 2.28. The van der Waals surface area contributed by atoms with Crippen LogP contribution in [0.3, 0.4) is 0 Å². The van der Waals surface area contributed by atoms with Crippen molar-refractivity contribution >= 4 is 11.7 Å². The van der Waals surface area contributed by atoms with Gasteiger partial charge in [-0.25, -0.2) is 4.98 Å². The number of hydrogen-bond acceptors (Lipinski definition) is 3. The minimum atomic E-state index is -4.38. The molecule has 25 heavy (non-hydrogen) atoms. The van der Waals surface area contributed by atoms with Crippen LogP contribution in [0.2, 0.25) is 0 Å². The van der Waals surface area contributed by atoms with E-state index in [4.69, 9.17) is 0 Å². The normalized spacial score (nSPS) is 11.2. The average molecular weight is 351 g/mol. The van der Waals surface area contributed by atoms with Crippen molar-refractivity contribution < 1.29 is 18.0 Å². The highest BCUT2D eigenvalue weighted by molar-refractivity contribution is 5.78. The van der Waals surface area contributed by atoms with E-state index in [1.165, 1.54) is 6.07 Å². The second-order valence-electron chi connectivity index (χ2n) is 5.72. The molecule has 2 N–H and O–H groups in total. The Kier molecular flexibility index (Phi) is 6.38. The van der Waals surface area contributed by atoms with E-state index < -0.39 is 11.7 Å². The molecule has 2 aromatic rings. The van der Waals surface area contributed by atoms with Gasteiger partial charge in [-0.2, -0.15) is 13.2 Å². The maximum absolute atomic E-state index is 12.4. The zero-order valence-electron chi connectivity index (χ0n) is 13.9. The average Bonchev–Trinajstić information content (AvgIpc) is 2.56. The summed E-state index contributed by atoms with van der Waals surface area (Å²) in [6, 6.07) is 10.0. The lowest BCUT2D eigenvalue weighted by atomic mass is 10.1. The molecule has 0 fully saturated rings. The minimum absolute atomic E-state index is 0.0588. The molecule has 1 heterocycles. The van der Waals surface area contributed by atoms with E-state index in [-0.39, 0.29) is 5.91 Å². The molecule has 1 aromatic heterocycles. The lowest BCUT2D eigenvalue weighted by Gasteiger charge is -2.09. The van der Waals surface area contributed by atoms with Crippen molar-refractivity contribution in [1.29, 1.82) is 0 Å². The molecular formula is C18H20F3N3O. The molecule has 0 saturated heterocycles. The molecule has 7 heteroatoms. The second-order valence-corrected chi connectivity index (χ2v) is 5.72. The molecule has 0 bridgehead atoms. The van der Waals surface area contributed by atoms with Crippen LogP contribution in [-0.4, -0.2) is 24.0 Å². The molecule has 0 aliphatic carbocycles. The van der Waals surface area contributed by atoms with E-state index in [0.717, 1.165) is 23.4 Å². The summed E-state index contributed by atoms with van der Waals surface area (Å²) in [6.07, 6.45) is -2.62. The van der Waals surface area contributed by atoms with Gasteiger partial charge < -0.3 is 10.6 Å². The van der Waals surface area contributed by atoms with Crippen LogP contribution in [0.5, 0.6) is 0 Å². The Labute approximate surface area is 144 Å². The second kappa shape index (κ2) is 8.50. The van der Waals surface area contributed by atoms with Crippen LogP contribution in [0, 0.1) is 6.92 Å². The van der Waals surface area contributed by atoms with Crippen LogP contribution in [0.15, 0.2) is 42.6 Å². The molecule has 0 unspecified atom stereocenters. The number of halogens is 3. The summed E-state index contributed by atoms with van der Waals surface area (Å²) in [6.45, 7) is 2.98. The van der Waals surface area contributed by atoms with Gasteiger partial charge in [0.15, 0.2) is 0 Å². The van der Waals surface area contributed by atoms with Crippen LogP contribution < -0.4 is 10.6 Å². The molecule has 1 aromatic carbocycles. The Hall–Kier alpha value is -2.57. The summed E-state index contributed by atoms with van der Waals surface area (Å²) in [5.41, 5.74) is 1.32. The van der Waals surface area contributed by atoms with Gasteiger partial charge in [0.05, 0.1) is 12.0 Å². The SMILES string of the molecule is Cc1ccc(CC(=O)NCCCNc2ccc(C(F)(F)F)cn2)cc1. The number of carbonyl (C=O) groups is 1. The number of nitrogens with zero attached hydrogens (tertiary/aromatic N) is 1. The van der Waals surface area contributed by atoms with E-state index in [9.17, 15) is 18.0 Å². The minimum Gasteiger partial charge on any atom is -0.370 e. The van der Waals surface area contributed by atoms with E-state index in [1.54, 1.807) is 0 Å². The molecule has 134 valence electrons. The third kappa shape index (κ3) is 6.45. The Morgan fingerprint density at radius 3 is 2.40 bits per heavy atom. The van der Waals surface area contributed by atoms with Gasteiger partial charge in [0.1, 0.15) is 5.82 Å². The molecule has 0 saturated carbocycles. The van der Waals surface area contributed by atoms with Gasteiger partial charge in [0.2, 0.25) is 5.91 Å². The summed E-state index contributed by atoms with van der Waals surface area (Å²) in [5, 5.41) is 5.74. The molecule has 0 aliphatic heterocycles. The topological polar surface area (TPSA) is 54.0 Å². The number of benzene rings is 1. The fraction of sp³-hybridized carbons (Fsp3) is 0.333. The van der Waals surface area contributed by atoms with Gasteiger partial charge in [-0.15, -0.1) is 0 Å². The van der Waals surface area contributed by atoms with Crippen LogP contribution >= 0.6 is 0 Å². The summed E-state index contributed by atoms with van der Waals surface area (Å²) >= 11 is 0. The fourth-order valence-corrected chi connectivity index (χ4v) is 2.15. The van der Waals surface area contributed by atoms with Gasteiger partial charge in [0.25, 0.3) is 0 Å². The van der Waals surface area contributed by atoms with Gasteiger partial charge in [-0.1, -0.05) is 29.8 Å². The van der Waals surface area contributed by atoms with E-state index in [2.05, 4.69) is 15.6 Å². The lowest BCUT2D eigenvalue weighted by molar-refractivity contribution is -0.137. The largest absolute Gasteiger partial charge is 0.417 e. The monoisotopic (exact) mass is 351 g/mol. The number of aryl methyl sites for hydroxylation is 1. The van der Waals surface area contributed by atoms with Crippen LogP contribution in [0.4, 0.5) is 19.0 Å². The van der Waals surface area contributed by atoms with Gasteiger partial charge in [-0.3, -0.25) is 4.79 Å². The molecule has 0 radical (unpaired) electrons. The van der Waals surface area contributed by atoms with Gasteiger partial charge in [-0.05, 0) is 31.0 Å². The standard InChI is InChI=1S/C18H20F3N3O/c1-13-3-5-14(6-4-13)11-17(25)23-10-2-9-22-16-8-7-15(12-24-16)18(19,20)21/h3-8,12H,2,9-11H2,1H3,(H,22,24)(H,23,25). The first-order valence-electron chi connectivity index (χ1n) is 7.94. The number of amides is 1. The van der Waals surface area contributed by atoms with Crippen molar-refractivity contribution in [2.75, 3.05) is 18.4 Å². The third-order valence-electron chi connectivity index (χ3n) is 3.56. The Morgan fingerprint density at radius 1 is 1.08 bits per heavy atom. The summed E-state index contributed by atoms with van der Waals surface area (Å²) in [5.74, 6) is 0.315. The zero-order valence-corrected chi connectivity index (χ0v) is 13.9. The van der Waals surface area contributed by atoms with Gasteiger partial charge in [0, 0.05) is 19.3 Å². The third-order valence-corrected chi connectivity index (χ3v) is 3.56. The molecule has 0 spiro atoms. The smallest absolute Gasteiger partial charge is 0.370 e. The molecule has 1 amide bonds. The summed E-state index contributed by atoms with van der Waals surface area (Å²) in [7, 11) is 0. The van der Waals surface area contributed by atoms with E-state index >= 15 is 0 Å². The molecular weight excluding hydrogens is 331 g/mol. The van der Waals surface area contributed by atoms with Crippen molar-refractivity contribution in [1.82, 2.24) is 10.3 Å². The van der Waals surface area contributed by atoms with Gasteiger partial charge >= 0.3 is 6.18 Å². The first kappa shape index (κ1) is 18.8. The number of anilines is 1. The number of alkyl halides is 3. The number of rotatable bonds is 7. The van der Waals surface area contributed by atoms with Crippen molar-refractivity contribution in [3.05, 3.63) is 59.3 Å². The number of hydrogen-bond donors (Lipinski definition) is 2. The lowest BCUT2D eigenvalue weighted by Crippen LogP contribution is -2.27. The summed E-state index contributed by atoms with van der Waals surface area (Å²) in [4.78, 5) is 15.5. The number of carbonyl (C=O) groups excluding carboxylic acids is 1. The number of aromatic nitrogens is 1. The predicted molar refractivity (Wildman–Crippen MR) is 90.2 cm³/mol. The van der Waals surface area contributed by atoms with E-state index in [0.29, 0.717) is 31.7 Å². The Morgan fingerprint density at radius 2 is 1.80 bits per heavy atom. The van der Waals surface area contributed by atoms with Crippen molar-refractivity contribution in [2.24, 2.45) is 0 Å². The summed E-state index contributed by atoms with van der Waals surface area (Å²) < 4.78 is 37.3. The van der Waals surface area contributed by atoms with Crippen LogP contribution in [-0.2, 0) is 17.4 Å². The molecule has 0 atom stereocenters. The maximum Gasteiger partial charge on any atom is 0.417 e. The fourth-order valence-electron chi connectivity index (χ4n) is 2.15. The number of pyridine rings is 1. The van der Waals surface area contributed by atoms with Crippen LogP contribution in [0.1, 0.15) is 23.1 Å². The van der Waals surface area contributed by atoms with Crippen molar-refractivity contribution in [3.63, 3.8) is 0 Å². The molecule has 0 aliphatic rings.